The minimum Gasteiger partial charge on any atom is -0.493 e. The first kappa shape index (κ1) is 20.8. The van der Waals surface area contributed by atoms with Crippen molar-refractivity contribution < 1.29 is 27.8 Å². The van der Waals surface area contributed by atoms with Gasteiger partial charge < -0.3 is 9.84 Å². The van der Waals surface area contributed by atoms with Crippen LogP contribution in [0, 0.1) is 11.3 Å². The third-order valence-corrected chi connectivity index (χ3v) is 5.70. The standard InChI is InChI=1S/C20H19F3N4O4/c1-2-3-6-31-19(30)25-10-13-8-15(25)16-17(28)27(18(29)26(13)16)12-5-4-11(9-24)14(7-12)20(21,22)23/h4-5,7,13,15,28H,2-3,6,8,10H2,1H3. The largest absolute Gasteiger partial charge is 0.493 e. The number of carbonyl (C=O) groups excluding carboxylic acids is 1. The number of fused-ring (bicyclic) bond motifs is 5. The zero-order valence-corrected chi connectivity index (χ0v) is 16.5. The Labute approximate surface area is 174 Å². The van der Waals surface area contributed by atoms with E-state index in [1.165, 1.54) is 21.6 Å². The van der Waals surface area contributed by atoms with E-state index in [0.717, 1.165) is 17.1 Å². The summed E-state index contributed by atoms with van der Waals surface area (Å²) < 4.78 is 47.3. The smallest absolute Gasteiger partial charge is 0.417 e. The molecule has 0 aliphatic carbocycles. The maximum Gasteiger partial charge on any atom is 0.417 e. The van der Waals surface area contributed by atoms with Crippen LogP contribution in [0.25, 0.3) is 5.69 Å². The van der Waals surface area contributed by atoms with Gasteiger partial charge in [-0.3, -0.25) is 9.47 Å². The van der Waals surface area contributed by atoms with Crippen molar-refractivity contribution in [2.45, 2.75) is 44.4 Å². The van der Waals surface area contributed by atoms with Crippen LogP contribution in [-0.2, 0) is 10.9 Å². The highest BCUT2D eigenvalue weighted by Crippen LogP contribution is 2.49. The molecule has 1 aromatic heterocycles. The Morgan fingerprint density at radius 1 is 1.39 bits per heavy atom. The molecule has 2 aromatic rings. The van der Waals surface area contributed by atoms with Gasteiger partial charge in [-0.1, -0.05) is 13.3 Å². The first-order chi connectivity index (χ1) is 14.7. The summed E-state index contributed by atoms with van der Waals surface area (Å²) >= 11 is 0. The Kier molecular flexibility index (Phi) is 4.95. The molecule has 0 radical (unpaired) electrons. The Morgan fingerprint density at radius 2 is 2.13 bits per heavy atom. The fourth-order valence-corrected chi connectivity index (χ4v) is 4.27. The van der Waals surface area contributed by atoms with Gasteiger partial charge in [0.15, 0.2) is 0 Å². The molecule has 1 amide bonds. The van der Waals surface area contributed by atoms with Crippen molar-refractivity contribution in [3.8, 4) is 17.6 Å². The lowest BCUT2D eigenvalue weighted by Crippen LogP contribution is -2.38. The van der Waals surface area contributed by atoms with E-state index in [0.29, 0.717) is 18.9 Å². The predicted octanol–water partition coefficient (Wildman–Crippen LogP) is 3.47. The molecule has 1 aromatic carbocycles. The Balaban J connectivity index is 1.73. The van der Waals surface area contributed by atoms with Gasteiger partial charge in [-0.2, -0.15) is 18.4 Å². The second kappa shape index (κ2) is 7.37. The van der Waals surface area contributed by atoms with E-state index < -0.39 is 47.0 Å². The van der Waals surface area contributed by atoms with Gasteiger partial charge in [0.1, 0.15) is 5.69 Å². The van der Waals surface area contributed by atoms with Gasteiger partial charge in [0, 0.05) is 6.54 Å². The number of carbonyl (C=O) groups is 1. The fourth-order valence-electron chi connectivity index (χ4n) is 4.27. The number of likely N-dealkylation sites (tertiary alicyclic amines) is 1. The molecule has 164 valence electrons. The second-order valence-electron chi connectivity index (χ2n) is 7.56. The molecule has 0 saturated carbocycles. The average molecular weight is 436 g/mol. The van der Waals surface area contributed by atoms with Crippen LogP contribution in [0.15, 0.2) is 23.0 Å². The number of hydrogen-bond acceptors (Lipinski definition) is 5. The highest BCUT2D eigenvalue weighted by Gasteiger charge is 2.50. The molecule has 2 atom stereocenters. The third-order valence-electron chi connectivity index (χ3n) is 5.70. The number of ether oxygens (including phenoxy) is 1. The molecule has 11 heteroatoms. The van der Waals surface area contributed by atoms with E-state index in [9.17, 15) is 27.9 Å². The summed E-state index contributed by atoms with van der Waals surface area (Å²) in [5.74, 6) is -0.526. The van der Waals surface area contributed by atoms with Crippen LogP contribution >= 0.6 is 0 Å². The Bertz CT molecular complexity index is 1150. The molecule has 3 heterocycles. The molecule has 2 aliphatic heterocycles. The number of amides is 1. The highest BCUT2D eigenvalue weighted by molar-refractivity contribution is 5.69. The van der Waals surface area contributed by atoms with Crippen LogP contribution in [0.5, 0.6) is 5.88 Å². The number of hydrogen-bond donors (Lipinski definition) is 1. The number of halogens is 3. The summed E-state index contributed by atoms with van der Waals surface area (Å²) in [6, 6.07) is 3.26. The summed E-state index contributed by atoms with van der Waals surface area (Å²) in [4.78, 5) is 26.8. The first-order valence-corrected chi connectivity index (χ1v) is 9.80. The van der Waals surface area contributed by atoms with Gasteiger partial charge in [0.2, 0.25) is 5.88 Å². The van der Waals surface area contributed by atoms with E-state index in [-0.39, 0.29) is 24.5 Å². The van der Waals surface area contributed by atoms with Gasteiger partial charge in [-0.15, -0.1) is 0 Å². The number of alkyl halides is 3. The lowest BCUT2D eigenvalue weighted by atomic mass is 10.1. The minimum atomic E-state index is -4.80. The average Bonchev–Trinajstić information content (AvgIpc) is 3.38. The van der Waals surface area contributed by atoms with E-state index in [2.05, 4.69) is 0 Å². The van der Waals surface area contributed by atoms with Gasteiger partial charge in [0.05, 0.1) is 41.6 Å². The lowest BCUT2D eigenvalue weighted by Gasteiger charge is -2.26. The molecule has 0 spiro atoms. The molecule has 2 bridgehead atoms. The molecule has 4 rings (SSSR count). The van der Waals surface area contributed by atoms with Crippen LogP contribution in [-0.4, -0.2) is 38.4 Å². The van der Waals surface area contributed by atoms with E-state index in [4.69, 9.17) is 10.00 Å². The van der Waals surface area contributed by atoms with Crippen molar-refractivity contribution in [3.63, 3.8) is 0 Å². The number of aromatic hydroxyl groups is 1. The summed E-state index contributed by atoms with van der Waals surface area (Å²) in [5.41, 5.74) is -2.53. The maximum absolute atomic E-state index is 13.3. The van der Waals surface area contributed by atoms with E-state index in [1.807, 2.05) is 6.92 Å². The topological polar surface area (TPSA) is 100 Å². The number of aromatic nitrogens is 2. The monoisotopic (exact) mass is 436 g/mol. The van der Waals surface area contributed by atoms with Crippen molar-refractivity contribution >= 4 is 6.09 Å². The quantitative estimate of drug-likeness (QED) is 0.740. The van der Waals surface area contributed by atoms with Gasteiger partial charge in [-0.05, 0) is 31.0 Å². The fraction of sp³-hybridized carbons (Fsp3) is 0.450. The van der Waals surface area contributed by atoms with Crippen molar-refractivity contribution in [2.75, 3.05) is 13.2 Å². The zero-order valence-electron chi connectivity index (χ0n) is 16.5. The molecule has 2 aliphatic rings. The van der Waals surface area contributed by atoms with Gasteiger partial charge in [0.25, 0.3) is 0 Å². The van der Waals surface area contributed by atoms with E-state index in [1.54, 1.807) is 0 Å². The Hall–Kier alpha value is -3.42. The number of rotatable bonds is 4. The van der Waals surface area contributed by atoms with Gasteiger partial charge in [-0.25, -0.2) is 14.2 Å². The molecule has 2 unspecified atom stereocenters. The van der Waals surface area contributed by atoms with Crippen molar-refractivity contribution in [2.24, 2.45) is 0 Å². The van der Waals surface area contributed by atoms with Crippen LogP contribution < -0.4 is 5.69 Å². The third kappa shape index (κ3) is 3.22. The van der Waals surface area contributed by atoms with Crippen LogP contribution in [0.4, 0.5) is 18.0 Å². The minimum absolute atomic E-state index is 0.173. The molecule has 1 fully saturated rings. The summed E-state index contributed by atoms with van der Waals surface area (Å²) in [6.45, 7) is 2.43. The first-order valence-electron chi connectivity index (χ1n) is 9.80. The zero-order chi connectivity index (χ0) is 22.5. The van der Waals surface area contributed by atoms with E-state index >= 15 is 0 Å². The van der Waals surface area contributed by atoms with Crippen LogP contribution in [0.2, 0.25) is 0 Å². The number of benzene rings is 1. The summed E-state index contributed by atoms with van der Waals surface area (Å²) in [7, 11) is 0. The maximum atomic E-state index is 13.3. The molecule has 1 saturated heterocycles. The number of unbranched alkanes of at least 4 members (excludes halogenated alkanes) is 1. The van der Waals surface area contributed by atoms with Gasteiger partial charge >= 0.3 is 18.0 Å². The number of nitriles is 1. The number of imidazole rings is 1. The van der Waals surface area contributed by atoms with Crippen molar-refractivity contribution in [3.05, 3.63) is 45.5 Å². The highest BCUT2D eigenvalue weighted by atomic mass is 19.4. The van der Waals surface area contributed by atoms with Crippen LogP contribution in [0.1, 0.15) is 55.1 Å². The molecule has 31 heavy (non-hydrogen) atoms. The van der Waals surface area contributed by atoms with Crippen molar-refractivity contribution in [1.29, 1.82) is 5.26 Å². The second-order valence-corrected chi connectivity index (χ2v) is 7.56. The normalized spacial score (nSPS) is 19.4. The molecular formula is C20H19F3N4O4. The lowest BCUT2D eigenvalue weighted by molar-refractivity contribution is -0.137. The predicted molar refractivity (Wildman–Crippen MR) is 101 cm³/mol. The number of nitrogens with zero attached hydrogens (tertiary/aromatic N) is 4. The Morgan fingerprint density at radius 3 is 2.77 bits per heavy atom. The molecule has 1 N–H and O–H groups in total. The van der Waals surface area contributed by atoms with Crippen LogP contribution in [0.3, 0.4) is 0 Å². The summed E-state index contributed by atoms with van der Waals surface area (Å²) in [5, 5.41) is 19.7. The molecular weight excluding hydrogens is 417 g/mol. The molecule has 8 nitrogen and oxygen atoms in total. The SMILES string of the molecule is CCCCOC(=O)N1CC2CC1c1c(O)n(-c3ccc(C#N)c(C(F)(F)F)c3)c(=O)n12. The van der Waals surface area contributed by atoms with Crippen molar-refractivity contribution in [1.82, 2.24) is 14.0 Å². The summed E-state index contributed by atoms with van der Waals surface area (Å²) in [6.07, 6.45) is -3.37.